The van der Waals surface area contributed by atoms with Crippen LogP contribution in [-0.2, 0) is 35.2 Å². The van der Waals surface area contributed by atoms with Crippen molar-refractivity contribution in [3.05, 3.63) is 70.7 Å². The molecule has 3 heterocycles. The number of ether oxygens (including phenoxy) is 1. The number of alkyl carbamates (subject to hydrolysis) is 1. The van der Waals surface area contributed by atoms with Gasteiger partial charge in [-0.2, -0.15) is 26.9 Å². The highest BCUT2D eigenvalue weighted by Gasteiger charge is 2.41. The number of carbonyl (C=O) groups excluding carboxylic acids is 2. The Morgan fingerprint density at radius 3 is 2.16 bits per heavy atom. The fraction of sp³-hybridized carbons (Fsp3) is 0.407. The quantitative estimate of drug-likeness (QED) is 0.223. The van der Waals surface area contributed by atoms with E-state index in [-0.39, 0.29) is 29.9 Å². The van der Waals surface area contributed by atoms with Crippen molar-refractivity contribution in [2.24, 2.45) is 0 Å². The second-order valence-corrected chi connectivity index (χ2v) is 10.8. The van der Waals surface area contributed by atoms with Crippen molar-refractivity contribution in [1.82, 2.24) is 24.8 Å². The summed E-state index contributed by atoms with van der Waals surface area (Å²) in [6, 6.07) is 1.07. The normalized spacial score (nSPS) is 14.3. The first-order valence-electron chi connectivity index (χ1n) is 12.8. The van der Waals surface area contributed by atoms with E-state index in [0.717, 1.165) is 9.47 Å². The number of nitrogens with one attached hydrogen (secondary N) is 1. The number of fused-ring (bicyclic) bond motifs is 1. The van der Waals surface area contributed by atoms with Crippen molar-refractivity contribution >= 4 is 12.0 Å². The smallest absolute Gasteiger partial charge is 0.444 e. The predicted octanol–water partition coefficient (Wildman–Crippen LogP) is 5.53. The van der Waals surface area contributed by atoms with Crippen molar-refractivity contribution < 1.29 is 49.4 Å². The van der Waals surface area contributed by atoms with Crippen LogP contribution in [0.2, 0.25) is 0 Å². The number of imidazole rings is 1. The standard InChI is InChI=1S/C27H25F8N5O3/c1-26(2,3)43-25(42)36-15(6-13-7-17(29)18(30)11-16(13)28)10-22(41)39-4-5-40-19(12-39)23(38-24(40)27(33,34)35)14-8-20(31)37-21(32)9-14/h7-9,11,15H,4-6,10,12H2,1-3H3,(H,36,42). The molecule has 1 unspecified atom stereocenters. The van der Waals surface area contributed by atoms with E-state index in [1.807, 2.05) is 0 Å². The Labute approximate surface area is 239 Å². The van der Waals surface area contributed by atoms with Gasteiger partial charge in [0.2, 0.25) is 23.6 Å². The van der Waals surface area contributed by atoms with Gasteiger partial charge in [0.05, 0.1) is 17.9 Å². The van der Waals surface area contributed by atoms with E-state index < -0.39 is 90.1 Å². The van der Waals surface area contributed by atoms with Gasteiger partial charge in [-0.25, -0.2) is 22.9 Å². The van der Waals surface area contributed by atoms with E-state index in [1.54, 1.807) is 20.8 Å². The van der Waals surface area contributed by atoms with Gasteiger partial charge < -0.3 is 19.5 Å². The number of amides is 2. The van der Waals surface area contributed by atoms with Crippen LogP contribution in [-0.4, -0.2) is 49.6 Å². The average molecular weight is 620 g/mol. The molecule has 1 atom stereocenters. The summed E-state index contributed by atoms with van der Waals surface area (Å²) in [5.74, 6) is -8.58. The van der Waals surface area contributed by atoms with Crippen molar-refractivity contribution in [3.63, 3.8) is 0 Å². The third-order valence-electron chi connectivity index (χ3n) is 6.35. The zero-order chi connectivity index (χ0) is 31.9. The van der Waals surface area contributed by atoms with Gasteiger partial charge in [0, 0.05) is 49.3 Å². The van der Waals surface area contributed by atoms with Gasteiger partial charge in [-0.15, -0.1) is 0 Å². The van der Waals surface area contributed by atoms with E-state index in [9.17, 15) is 44.7 Å². The summed E-state index contributed by atoms with van der Waals surface area (Å²) in [6.45, 7) is 3.58. The third kappa shape index (κ3) is 7.59. The fourth-order valence-electron chi connectivity index (χ4n) is 4.60. The van der Waals surface area contributed by atoms with Crippen molar-refractivity contribution in [2.45, 2.75) is 64.5 Å². The summed E-state index contributed by atoms with van der Waals surface area (Å²) < 4.78 is 117. The number of nitrogens with zero attached hydrogens (tertiary/aromatic N) is 4. The molecule has 2 amide bonds. The van der Waals surface area contributed by atoms with E-state index in [1.165, 1.54) is 0 Å². The highest BCUT2D eigenvalue weighted by atomic mass is 19.4. The molecule has 0 radical (unpaired) electrons. The molecule has 232 valence electrons. The van der Waals surface area contributed by atoms with Crippen LogP contribution < -0.4 is 5.32 Å². The van der Waals surface area contributed by atoms with Crippen LogP contribution in [0.1, 0.15) is 44.3 Å². The minimum absolute atomic E-state index is 0.166. The number of aromatic nitrogens is 3. The van der Waals surface area contributed by atoms with E-state index in [4.69, 9.17) is 4.74 Å². The second-order valence-electron chi connectivity index (χ2n) is 10.8. The third-order valence-corrected chi connectivity index (χ3v) is 6.35. The Hall–Kier alpha value is -4.24. The lowest BCUT2D eigenvalue weighted by atomic mass is 10.0. The summed E-state index contributed by atoms with van der Waals surface area (Å²) in [4.78, 5) is 33.5. The fourth-order valence-corrected chi connectivity index (χ4v) is 4.60. The monoisotopic (exact) mass is 619 g/mol. The van der Waals surface area contributed by atoms with E-state index in [2.05, 4.69) is 15.3 Å². The number of benzene rings is 1. The molecule has 3 aromatic rings. The SMILES string of the molecule is CC(C)(C)OC(=O)NC(CC(=O)N1CCn2c(C(F)(F)F)nc(-c3cc(F)nc(F)c3)c2C1)Cc1cc(F)c(F)cc1F. The maximum atomic E-state index is 14.4. The summed E-state index contributed by atoms with van der Waals surface area (Å²) in [7, 11) is 0. The topological polar surface area (TPSA) is 89.4 Å². The molecule has 1 aliphatic rings. The van der Waals surface area contributed by atoms with Gasteiger partial charge in [-0.05, 0) is 38.8 Å². The zero-order valence-electron chi connectivity index (χ0n) is 23.0. The van der Waals surface area contributed by atoms with Crippen LogP contribution in [0.5, 0.6) is 0 Å². The molecule has 43 heavy (non-hydrogen) atoms. The second kappa shape index (κ2) is 11.8. The highest BCUT2D eigenvalue weighted by molar-refractivity contribution is 5.78. The largest absolute Gasteiger partial charge is 0.449 e. The first-order chi connectivity index (χ1) is 19.9. The van der Waals surface area contributed by atoms with Gasteiger partial charge in [-0.1, -0.05) is 0 Å². The maximum Gasteiger partial charge on any atom is 0.449 e. The van der Waals surface area contributed by atoms with Crippen molar-refractivity contribution in [1.29, 1.82) is 0 Å². The Balaban J connectivity index is 1.63. The molecule has 0 spiro atoms. The molecule has 4 rings (SSSR count). The highest BCUT2D eigenvalue weighted by Crippen LogP contribution is 2.36. The van der Waals surface area contributed by atoms with Crippen LogP contribution in [0, 0.1) is 29.3 Å². The molecular formula is C27H25F8N5O3. The molecule has 0 fully saturated rings. The van der Waals surface area contributed by atoms with Crippen molar-refractivity contribution in [2.75, 3.05) is 6.54 Å². The number of halogens is 8. The summed E-state index contributed by atoms with van der Waals surface area (Å²) in [5.41, 5.74) is -2.24. The first kappa shape index (κ1) is 31.7. The van der Waals surface area contributed by atoms with Gasteiger partial charge in [0.25, 0.3) is 0 Å². The number of hydrogen-bond acceptors (Lipinski definition) is 5. The summed E-state index contributed by atoms with van der Waals surface area (Å²) in [6.07, 6.45) is -6.95. The predicted molar refractivity (Wildman–Crippen MR) is 134 cm³/mol. The molecule has 0 bridgehead atoms. The number of hydrogen-bond donors (Lipinski definition) is 1. The number of pyridine rings is 1. The van der Waals surface area contributed by atoms with Gasteiger partial charge in [0.1, 0.15) is 11.4 Å². The minimum Gasteiger partial charge on any atom is -0.444 e. The van der Waals surface area contributed by atoms with E-state index >= 15 is 0 Å². The summed E-state index contributed by atoms with van der Waals surface area (Å²) >= 11 is 0. The van der Waals surface area contributed by atoms with E-state index in [0.29, 0.717) is 24.3 Å². The molecule has 16 heteroatoms. The van der Waals surface area contributed by atoms with Gasteiger partial charge in [0.15, 0.2) is 11.6 Å². The molecular weight excluding hydrogens is 594 g/mol. The number of rotatable bonds is 6. The Morgan fingerprint density at radius 2 is 1.56 bits per heavy atom. The zero-order valence-corrected chi connectivity index (χ0v) is 23.0. The molecule has 2 aromatic heterocycles. The van der Waals surface area contributed by atoms with Gasteiger partial charge >= 0.3 is 12.3 Å². The van der Waals surface area contributed by atoms with Gasteiger partial charge in [-0.3, -0.25) is 4.79 Å². The Bertz CT molecular complexity index is 1530. The lowest BCUT2D eigenvalue weighted by molar-refractivity contribution is -0.148. The summed E-state index contributed by atoms with van der Waals surface area (Å²) in [5, 5.41) is 2.40. The molecule has 1 aliphatic heterocycles. The Morgan fingerprint density at radius 1 is 0.930 bits per heavy atom. The Kier molecular flexibility index (Phi) is 8.70. The molecule has 8 nitrogen and oxygen atoms in total. The van der Waals surface area contributed by atoms with Crippen molar-refractivity contribution in [3.8, 4) is 11.3 Å². The number of carbonyl (C=O) groups is 2. The van der Waals surface area contributed by atoms with Crippen LogP contribution in [0.3, 0.4) is 0 Å². The first-order valence-corrected chi connectivity index (χ1v) is 12.8. The molecule has 1 aromatic carbocycles. The number of alkyl halides is 3. The minimum atomic E-state index is -4.93. The average Bonchev–Trinajstić information content (AvgIpc) is 3.25. The molecule has 1 N–H and O–H groups in total. The van der Waals surface area contributed by atoms with Crippen LogP contribution in [0.4, 0.5) is 39.9 Å². The molecule has 0 saturated carbocycles. The lowest BCUT2D eigenvalue weighted by Crippen LogP contribution is -2.45. The lowest BCUT2D eigenvalue weighted by Gasteiger charge is -2.31. The molecule has 0 aliphatic carbocycles. The van der Waals surface area contributed by atoms with Crippen LogP contribution in [0.25, 0.3) is 11.3 Å². The van der Waals surface area contributed by atoms with Crippen LogP contribution >= 0.6 is 0 Å². The molecule has 0 saturated heterocycles. The maximum absolute atomic E-state index is 14.4. The van der Waals surface area contributed by atoms with Crippen LogP contribution in [0.15, 0.2) is 24.3 Å².